The van der Waals surface area contributed by atoms with Gasteiger partial charge in [0, 0.05) is 12.2 Å². The Morgan fingerprint density at radius 3 is 2.64 bits per heavy atom. The maximum Gasteiger partial charge on any atom is 0.0687 e. The number of hydrogen-bond acceptors (Lipinski definition) is 2. The van der Waals surface area contributed by atoms with Gasteiger partial charge in [0.25, 0.3) is 0 Å². The van der Waals surface area contributed by atoms with Crippen molar-refractivity contribution < 1.29 is 0 Å². The first-order chi connectivity index (χ1) is 6.44. The monoisotopic (exact) mass is 191 g/mol. The Labute approximate surface area is 85.4 Å². The summed E-state index contributed by atoms with van der Waals surface area (Å²) in [5.41, 5.74) is 0.829. The summed E-state index contributed by atoms with van der Waals surface area (Å²) in [5.74, 6) is 0. The van der Waals surface area contributed by atoms with Crippen molar-refractivity contribution in [1.29, 1.82) is 5.26 Å². The van der Waals surface area contributed by atoms with E-state index in [1.54, 1.807) is 0 Å². The summed E-state index contributed by atoms with van der Waals surface area (Å²) in [6.07, 6.45) is 4.62. The predicted molar refractivity (Wildman–Crippen MR) is 55.7 cm³/mol. The molecule has 0 N–H and O–H groups in total. The van der Waals surface area contributed by atoms with Crippen LogP contribution in [0.5, 0.6) is 0 Å². The van der Waals surface area contributed by atoms with Gasteiger partial charge < -0.3 is 0 Å². The number of hydrogen-bond donors (Lipinski definition) is 0. The van der Waals surface area contributed by atoms with E-state index in [1.165, 1.54) is 0 Å². The Morgan fingerprint density at radius 1 is 1.57 bits per heavy atom. The minimum absolute atomic E-state index is 0.301. The molecule has 0 aliphatic heterocycles. The maximum atomic E-state index is 8.89. The third-order valence-corrected chi connectivity index (χ3v) is 2.13. The molecule has 0 unspecified atom stereocenters. The standard InChI is InChI=1S/C11H17N3/c1-9(2)14-7-10(6-13-14)5-11(3,4)8-12/h6-7,9H,5H2,1-4H3. The van der Waals surface area contributed by atoms with Gasteiger partial charge in [-0.3, -0.25) is 4.68 Å². The van der Waals surface area contributed by atoms with Gasteiger partial charge in [-0.1, -0.05) is 0 Å². The second-order valence-corrected chi connectivity index (χ2v) is 4.59. The minimum Gasteiger partial charge on any atom is -0.270 e. The lowest BCUT2D eigenvalue weighted by Crippen LogP contribution is -2.11. The van der Waals surface area contributed by atoms with E-state index in [1.807, 2.05) is 30.9 Å². The Morgan fingerprint density at radius 2 is 2.21 bits per heavy atom. The van der Waals surface area contributed by atoms with Crippen LogP contribution < -0.4 is 0 Å². The van der Waals surface area contributed by atoms with Crippen molar-refractivity contribution in [3.8, 4) is 6.07 Å². The highest BCUT2D eigenvalue weighted by Gasteiger charge is 2.18. The summed E-state index contributed by atoms with van der Waals surface area (Å²) in [4.78, 5) is 0. The van der Waals surface area contributed by atoms with Crippen molar-refractivity contribution in [3.05, 3.63) is 18.0 Å². The fourth-order valence-corrected chi connectivity index (χ4v) is 1.30. The van der Waals surface area contributed by atoms with Crippen molar-refractivity contribution >= 4 is 0 Å². The number of rotatable bonds is 3. The summed E-state index contributed by atoms with van der Waals surface area (Å²) in [5, 5.41) is 13.1. The van der Waals surface area contributed by atoms with Crippen LogP contribution in [0, 0.1) is 16.7 Å². The zero-order chi connectivity index (χ0) is 10.8. The van der Waals surface area contributed by atoms with Crippen LogP contribution in [0.3, 0.4) is 0 Å². The molecule has 0 aliphatic carbocycles. The van der Waals surface area contributed by atoms with E-state index in [0.29, 0.717) is 6.04 Å². The highest BCUT2D eigenvalue weighted by atomic mass is 15.3. The molecular weight excluding hydrogens is 174 g/mol. The first-order valence-corrected chi connectivity index (χ1v) is 4.89. The van der Waals surface area contributed by atoms with Crippen LogP contribution in [0.25, 0.3) is 0 Å². The fourth-order valence-electron chi connectivity index (χ4n) is 1.30. The van der Waals surface area contributed by atoms with Crippen LogP contribution in [-0.4, -0.2) is 9.78 Å². The molecule has 1 rings (SSSR count). The molecule has 0 aromatic carbocycles. The van der Waals surface area contributed by atoms with E-state index in [-0.39, 0.29) is 5.41 Å². The Bertz CT molecular complexity index is 342. The summed E-state index contributed by atoms with van der Waals surface area (Å²) < 4.78 is 1.92. The molecule has 0 fully saturated rings. The first-order valence-electron chi connectivity index (χ1n) is 4.89. The molecule has 0 saturated heterocycles. The van der Waals surface area contributed by atoms with Gasteiger partial charge in [0.15, 0.2) is 0 Å². The van der Waals surface area contributed by atoms with Crippen molar-refractivity contribution in [3.63, 3.8) is 0 Å². The van der Waals surface area contributed by atoms with Crippen LogP contribution in [-0.2, 0) is 6.42 Å². The molecular formula is C11H17N3. The van der Waals surface area contributed by atoms with E-state index < -0.39 is 0 Å². The highest BCUT2D eigenvalue weighted by molar-refractivity contribution is 5.11. The SMILES string of the molecule is CC(C)n1cc(CC(C)(C)C#N)cn1. The zero-order valence-corrected chi connectivity index (χ0v) is 9.28. The number of nitrogens with zero attached hydrogens (tertiary/aromatic N) is 3. The Balaban J connectivity index is 2.75. The molecule has 76 valence electrons. The summed E-state index contributed by atoms with van der Waals surface area (Å²) in [6.45, 7) is 8.07. The Kier molecular flexibility index (Phi) is 2.95. The molecule has 3 heteroatoms. The molecule has 0 radical (unpaired) electrons. The van der Waals surface area contributed by atoms with Gasteiger partial charge in [-0.05, 0) is 39.7 Å². The largest absolute Gasteiger partial charge is 0.270 e. The van der Waals surface area contributed by atoms with Crippen molar-refractivity contribution in [2.75, 3.05) is 0 Å². The Hall–Kier alpha value is -1.30. The number of nitriles is 1. The average Bonchev–Trinajstić information content (AvgIpc) is 2.52. The summed E-state index contributed by atoms with van der Waals surface area (Å²) in [6, 6.07) is 2.67. The second-order valence-electron chi connectivity index (χ2n) is 4.59. The summed E-state index contributed by atoms with van der Waals surface area (Å²) in [7, 11) is 0. The van der Waals surface area contributed by atoms with Crippen LogP contribution >= 0.6 is 0 Å². The predicted octanol–water partition coefficient (Wildman–Crippen LogP) is 2.56. The molecule has 1 aromatic heterocycles. The van der Waals surface area contributed by atoms with E-state index in [2.05, 4.69) is 25.0 Å². The normalized spacial score (nSPS) is 11.7. The quantitative estimate of drug-likeness (QED) is 0.736. The van der Waals surface area contributed by atoms with E-state index >= 15 is 0 Å². The molecule has 3 nitrogen and oxygen atoms in total. The molecule has 14 heavy (non-hydrogen) atoms. The van der Waals surface area contributed by atoms with Gasteiger partial charge >= 0.3 is 0 Å². The van der Waals surface area contributed by atoms with Gasteiger partial charge in [0.2, 0.25) is 0 Å². The molecule has 0 amide bonds. The van der Waals surface area contributed by atoms with Gasteiger partial charge in [-0.25, -0.2) is 0 Å². The highest BCUT2D eigenvalue weighted by Crippen LogP contribution is 2.20. The fraction of sp³-hybridized carbons (Fsp3) is 0.636. The molecule has 0 spiro atoms. The van der Waals surface area contributed by atoms with Gasteiger partial charge in [0.05, 0.1) is 17.7 Å². The lowest BCUT2D eigenvalue weighted by atomic mass is 9.89. The van der Waals surface area contributed by atoms with Crippen molar-refractivity contribution in [2.45, 2.75) is 40.2 Å². The second kappa shape index (κ2) is 3.83. The van der Waals surface area contributed by atoms with Crippen molar-refractivity contribution in [1.82, 2.24) is 9.78 Å². The lowest BCUT2D eigenvalue weighted by Gasteiger charge is -2.12. The third-order valence-electron chi connectivity index (χ3n) is 2.13. The van der Waals surface area contributed by atoms with Crippen LogP contribution in [0.1, 0.15) is 39.3 Å². The summed E-state index contributed by atoms with van der Waals surface area (Å²) >= 11 is 0. The van der Waals surface area contributed by atoms with Crippen LogP contribution in [0.4, 0.5) is 0 Å². The van der Waals surface area contributed by atoms with Crippen LogP contribution in [0.15, 0.2) is 12.4 Å². The lowest BCUT2D eigenvalue weighted by molar-refractivity contribution is 0.491. The molecule has 0 aliphatic rings. The minimum atomic E-state index is -0.301. The molecule has 1 aromatic rings. The van der Waals surface area contributed by atoms with Crippen LogP contribution in [0.2, 0.25) is 0 Å². The first kappa shape index (κ1) is 10.8. The van der Waals surface area contributed by atoms with Gasteiger partial charge in [0.1, 0.15) is 0 Å². The van der Waals surface area contributed by atoms with E-state index in [0.717, 1.165) is 12.0 Å². The van der Waals surface area contributed by atoms with Crippen molar-refractivity contribution in [2.24, 2.45) is 5.41 Å². The van der Waals surface area contributed by atoms with E-state index in [4.69, 9.17) is 5.26 Å². The maximum absolute atomic E-state index is 8.89. The smallest absolute Gasteiger partial charge is 0.0687 e. The molecule has 0 saturated carbocycles. The van der Waals surface area contributed by atoms with Gasteiger partial charge in [-0.15, -0.1) is 0 Å². The zero-order valence-electron chi connectivity index (χ0n) is 9.28. The molecule has 0 atom stereocenters. The third kappa shape index (κ3) is 2.59. The molecule has 1 heterocycles. The molecule has 0 bridgehead atoms. The van der Waals surface area contributed by atoms with E-state index in [9.17, 15) is 0 Å². The van der Waals surface area contributed by atoms with Gasteiger partial charge in [-0.2, -0.15) is 10.4 Å². The topological polar surface area (TPSA) is 41.6 Å². The number of aromatic nitrogens is 2. The average molecular weight is 191 g/mol.